The maximum Gasteiger partial charge on any atom is 0.409 e. The second-order valence-corrected chi connectivity index (χ2v) is 21.4. The molecule has 4 aliphatic carbocycles. The summed E-state index contributed by atoms with van der Waals surface area (Å²) in [6, 6.07) is 0. The molecule has 13 aliphatic rings. The van der Waals surface area contributed by atoms with E-state index in [1.165, 1.54) is 179 Å². The van der Waals surface area contributed by atoms with E-state index in [4.69, 9.17) is 9.47 Å². The number of nitrogens with one attached hydrogen (secondary N) is 10. The Morgan fingerprint density at radius 1 is 0.372 bits per heavy atom. The highest BCUT2D eigenvalue weighted by Crippen LogP contribution is 2.16. The Bertz CT molecular complexity index is 974. The third-order valence-electron chi connectivity index (χ3n) is 12.8. The molecule has 0 spiro atoms. The molecule has 9 heterocycles. The van der Waals surface area contributed by atoms with Crippen LogP contribution in [0, 0.1) is 5.92 Å². The van der Waals surface area contributed by atoms with Crippen molar-refractivity contribution in [3.63, 3.8) is 0 Å². The minimum atomic E-state index is -0.299. The van der Waals surface area contributed by atoms with E-state index in [0.717, 1.165) is 118 Å². The van der Waals surface area contributed by atoms with E-state index in [-0.39, 0.29) is 18.3 Å². The zero-order valence-corrected chi connectivity index (χ0v) is 68.7. The van der Waals surface area contributed by atoms with Gasteiger partial charge in [0.15, 0.2) is 0 Å². The fourth-order valence-electron chi connectivity index (χ4n) is 8.05. The molecule has 10 N–H and O–H groups in total. The monoisotopic (exact) mass is 1370 g/mol. The van der Waals surface area contributed by atoms with Gasteiger partial charge in [0.25, 0.3) is 0 Å². The van der Waals surface area contributed by atoms with Crippen molar-refractivity contribution in [1.82, 2.24) is 58.1 Å². The first-order valence-electron chi connectivity index (χ1n) is 40.1. The molecule has 3 saturated carbocycles. The summed E-state index contributed by atoms with van der Waals surface area (Å²) < 4.78 is 19.0. The zero-order chi connectivity index (χ0) is 73.1. The molecule has 0 aromatic rings. The molecule has 578 valence electrons. The maximum atomic E-state index is 10.3. The minimum Gasteiger partial charge on any atom is -0.448 e. The Morgan fingerprint density at radius 2 is 0.670 bits per heavy atom. The van der Waals surface area contributed by atoms with E-state index in [1.54, 1.807) is 11.9 Å². The second-order valence-electron chi connectivity index (χ2n) is 20.2. The van der Waals surface area contributed by atoms with Crippen LogP contribution in [-0.4, -0.2) is 193 Å². The lowest BCUT2D eigenvalue weighted by atomic mass is 10.1. The summed E-state index contributed by atoms with van der Waals surface area (Å²) in [5.41, 5.74) is 0. The Balaban J connectivity index is -0.0000000995. The van der Waals surface area contributed by atoms with Gasteiger partial charge in [0.2, 0.25) is 0 Å². The summed E-state index contributed by atoms with van der Waals surface area (Å²) in [7, 11) is 1.72. The van der Waals surface area contributed by atoms with Crippen molar-refractivity contribution in [1.29, 1.82) is 0 Å². The predicted octanol–water partition coefficient (Wildman–Crippen LogP) is 17.2. The number of nitrogens with zero attached hydrogens (tertiary/aromatic N) is 1. The molecule has 0 bridgehead atoms. The SMILES string of the molecule is C1=CCCCC1.C1CCCC1.C1CCCC1.C1CCCC1.C1CCNCC1.C1CNCCN1.C1CNCN1.C1CNCN1.C1COCCN1.C1CSCCN1.CC.CC.CC.CC.CC.CC.CC.CC.CC.CC.CC1CNC(=O)O1.CC1COC1.CN1CCOC1=O. The number of amides is 2. The molecular formula is C76H177N11O6S. The molecule has 9 saturated heterocycles. The number of hydrogen-bond donors (Lipinski definition) is 10. The highest BCUT2D eigenvalue weighted by molar-refractivity contribution is 7.99. The summed E-state index contributed by atoms with van der Waals surface area (Å²) in [6.45, 7) is 67.8. The van der Waals surface area contributed by atoms with Crippen LogP contribution in [0.1, 0.15) is 294 Å². The number of alkyl carbamates (subject to hydrolysis) is 1. The largest absolute Gasteiger partial charge is 0.448 e. The third kappa shape index (κ3) is 117. The number of morpholine rings is 1. The van der Waals surface area contributed by atoms with Crippen LogP contribution in [0.15, 0.2) is 12.2 Å². The summed E-state index contributed by atoms with van der Waals surface area (Å²) in [5.74, 6) is 3.45. The van der Waals surface area contributed by atoms with Crippen LogP contribution < -0.4 is 53.2 Å². The lowest BCUT2D eigenvalue weighted by Gasteiger charge is -2.20. The Labute approximate surface area is 595 Å². The number of carbonyl (C=O) groups excluding carboxylic acids is 2. The fourth-order valence-corrected chi connectivity index (χ4v) is 8.83. The first-order valence-corrected chi connectivity index (χ1v) is 41.2. The maximum absolute atomic E-state index is 10.3. The zero-order valence-electron chi connectivity index (χ0n) is 67.8. The average molecular weight is 1370 g/mol. The number of likely N-dealkylation sites (N-methyl/N-ethyl adjacent to an activating group) is 1. The van der Waals surface area contributed by atoms with Crippen LogP contribution >= 0.6 is 11.8 Å². The number of thioether (sulfide) groups is 1. The fraction of sp³-hybridized carbons (Fsp3) is 0.947. The van der Waals surface area contributed by atoms with E-state index < -0.39 is 0 Å². The number of cyclic esters (lactones) is 2. The van der Waals surface area contributed by atoms with Gasteiger partial charge in [-0.15, -0.1) is 0 Å². The van der Waals surface area contributed by atoms with Crippen LogP contribution in [0.4, 0.5) is 9.59 Å². The molecule has 9 aliphatic heterocycles. The van der Waals surface area contributed by atoms with Gasteiger partial charge in [-0.05, 0) is 58.5 Å². The van der Waals surface area contributed by atoms with Gasteiger partial charge in [-0.3, -0.25) is 0 Å². The highest BCUT2D eigenvalue weighted by Gasteiger charge is 2.17. The van der Waals surface area contributed by atoms with E-state index in [1.807, 2.05) is 157 Å². The van der Waals surface area contributed by atoms with Crippen molar-refractivity contribution >= 4 is 23.9 Å². The molecule has 2 amide bonds. The predicted molar refractivity (Wildman–Crippen MR) is 426 cm³/mol. The van der Waals surface area contributed by atoms with Gasteiger partial charge in [-0.2, -0.15) is 11.8 Å². The molecule has 0 aromatic heterocycles. The van der Waals surface area contributed by atoms with Gasteiger partial charge in [-0.1, -0.05) is 260 Å². The third-order valence-corrected chi connectivity index (χ3v) is 13.8. The van der Waals surface area contributed by atoms with Crippen molar-refractivity contribution < 1.29 is 28.5 Å². The summed E-state index contributed by atoms with van der Waals surface area (Å²) in [5, 5.41) is 31.1. The number of rotatable bonds is 0. The summed E-state index contributed by atoms with van der Waals surface area (Å²) >= 11 is 2.03. The van der Waals surface area contributed by atoms with Crippen LogP contribution in [0.2, 0.25) is 0 Å². The van der Waals surface area contributed by atoms with Crippen LogP contribution in [0.3, 0.4) is 0 Å². The molecule has 13 rings (SSSR count). The van der Waals surface area contributed by atoms with Gasteiger partial charge < -0.3 is 77.0 Å². The van der Waals surface area contributed by atoms with Crippen LogP contribution in [0.5, 0.6) is 0 Å². The number of hydrogen-bond acceptors (Lipinski definition) is 16. The van der Waals surface area contributed by atoms with Crippen molar-refractivity contribution in [2.75, 3.05) is 170 Å². The van der Waals surface area contributed by atoms with Crippen molar-refractivity contribution in [2.24, 2.45) is 5.92 Å². The summed E-state index contributed by atoms with van der Waals surface area (Å²) in [4.78, 5) is 21.9. The second kappa shape index (κ2) is 124. The molecule has 12 fully saturated rings. The van der Waals surface area contributed by atoms with Gasteiger partial charge in [-0.25, -0.2) is 9.59 Å². The van der Waals surface area contributed by atoms with Gasteiger partial charge in [0, 0.05) is 116 Å². The molecule has 17 nitrogen and oxygen atoms in total. The molecule has 1 unspecified atom stereocenters. The standard InChI is InChI=1S/C6H10.C5H11N.3C5H10.C4H10N2.2C4H7NO2.C4H9NO.C4H9NS.C4H8O.2C3H8N2.10C2H6/c2*1-2-4-6-5-3-1;3*1-2-4-5-3-1;1-2-6-4-3-5-1;1-5-2-3-7-4(5)6;1-3-2-5-4(6)7-3;2*1-3-6-4-2-5-1;1-4-2-5-3-4;2*1-2-5-3-4-1;10*1-2/h1-2H,3-6H2;6H,1-5H2;3*1-5H2;5-6H,1-4H2;2-3H2,1H3;3H,2H2,1H3,(H,5,6);2*5H,1-4H2;4H,2-3H2,1H3;2*4-5H,1-3H2;10*1-2H3. The van der Waals surface area contributed by atoms with Crippen molar-refractivity contribution in [3.05, 3.63) is 12.2 Å². The lowest BCUT2D eigenvalue weighted by molar-refractivity contribution is -0.0221. The average Bonchev–Trinajstić information content (AvgIpc) is 4.66. The van der Waals surface area contributed by atoms with Crippen LogP contribution in [0.25, 0.3) is 0 Å². The summed E-state index contributed by atoms with van der Waals surface area (Å²) in [6.07, 6.45) is 36.3. The molecule has 18 heteroatoms. The van der Waals surface area contributed by atoms with Crippen molar-refractivity contribution in [3.8, 4) is 0 Å². The molecule has 0 radical (unpaired) electrons. The Hall–Kier alpha value is -1.81. The first kappa shape index (κ1) is 113. The smallest absolute Gasteiger partial charge is 0.409 e. The number of allylic oxidation sites excluding steroid dienone is 2. The van der Waals surface area contributed by atoms with E-state index in [9.17, 15) is 9.59 Å². The molecular weight excluding hydrogens is 1190 g/mol. The van der Waals surface area contributed by atoms with Gasteiger partial charge in [0.05, 0.1) is 39.5 Å². The van der Waals surface area contributed by atoms with Gasteiger partial charge in [0.1, 0.15) is 12.7 Å². The van der Waals surface area contributed by atoms with E-state index in [2.05, 4.69) is 81.7 Å². The highest BCUT2D eigenvalue weighted by atomic mass is 32.2. The topological polar surface area (TPSA) is 195 Å². The normalized spacial score (nSPS) is 19.6. The van der Waals surface area contributed by atoms with E-state index >= 15 is 0 Å². The lowest BCUT2D eigenvalue weighted by Crippen LogP contribution is -2.39. The number of carbonyl (C=O) groups is 2. The number of piperazine rings is 1. The van der Waals surface area contributed by atoms with Gasteiger partial charge >= 0.3 is 12.2 Å². The Morgan fingerprint density at radius 3 is 0.766 bits per heavy atom. The molecule has 94 heavy (non-hydrogen) atoms. The molecule has 0 aromatic carbocycles. The number of piperidine rings is 1. The minimum absolute atomic E-state index is 0.0625. The Kier molecular flexibility index (Phi) is 150. The van der Waals surface area contributed by atoms with E-state index in [0.29, 0.717) is 13.2 Å². The van der Waals surface area contributed by atoms with Crippen LogP contribution in [-0.2, 0) is 18.9 Å². The first-order chi connectivity index (χ1) is 46.5. The molecule has 1 atom stereocenters. The number of ether oxygens (including phenoxy) is 4. The quantitative estimate of drug-likeness (QED) is 0.103. The van der Waals surface area contributed by atoms with Crippen molar-refractivity contribution in [2.45, 2.75) is 300 Å².